The van der Waals surface area contributed by atoms with E-state index < -0.39 is 0 Å². The van der Waals surface area contributed by atoms with Crippen LogP contribution in [-0.4, -0.2) is 10.3 Å². The first-order valence-corrected chi connectivity index (χ1v) is 4.83. The molecule has 1 aliphatic rings. The van der Waals surface area contributed by atoms with E-state index in [0.717, 1.165) is 11.4 Å². The van der Waals surface area contributed by atoms with Crippen LogP contribution in [0.5, 0.6) is 0 Å². The number of rotatable bonds is 1. The molecule has 1 heterocycles. The molecule has 0 bridgehead atoms. The molecule has 0 aromatic carbocycles. The molecule has 1 aromatic heterocycles. The van der Waals surface area contributed by atoms with Crippen LogP contribution in [0.15, 0.2) is 16.8 Å². The summed E-state index contributed by atoms with van der Waals surface area (Å²) in [6, 6.07) is 0. The first kappa shape index (κ1) is 9.19. The molecule has 0 spiro atoms. The van der Waals surface area contributed by atoms with Crippen molar-refractivity contribution in [2.24, 2.45) is 11.3 Å². The first-order valence-electron chi connectivity index (χ1n) is 4.83. The van der Waals surface area contributed by atoms with Crippen molar-refractivity contribution < 1.29 is 4.63 Å². The van der Waals surface area contributed by atoms with Gasteiger partial charge in [-0.2, -0.15) is 0 Å². The summed E-state index contributed by atoms with van der Waals surface area (Å²) in [6.45, 7) is 6.61. The molecule has 2 rings (SSSR count). The van der Waals surface area contributed by atoms with E-state index in [9.17, 15) is 0 Å². The van der Waals surface area contributed by atoms with Gasteiger partial charge < -0.3 is 0 Å². The Bertz CT molecular complexity index is 359. The van der Waals surface area contributed by atoms with Crippen molar-refractivity contribution in [3.05, 3.63) is 23.5 Å². The van der Waals surface area contributed by atoms with Gasteiger partial charge in [0.05, 0.1) is 0 Å². The lowest BCUT2D eigenvalue weighted by Crippen LogP contribution is -2.16. The number of fused-ring (bicyclic) bond motifs is 1. The molecule has 3 nitrogen and oxygen atoms in total. The van der Waals surface area contributed by atoms with Gasteiger partial charge in [-0.3, -0.25) is 0 Å². The maximum Gasteiger partial charge on any atom is 0.134 e. The van der Waals surface area contributed by atoms with Crippen LogP contribution in [0.1, 0.15) is 32.2 Å². The molecule has 0 saturated heterocycles. The number of hydrogen-bond acceptors (Lipinski definition) is 3. The standard InChI is InChI=1S/C11H14N2O/c1-8(2)11(3)6-4-9-10(5-7-11)13-14-12-9/h4-8H,1-3H3. The largest absolute Gasteiger partial charge is 0.243 e. The molecule has 0 unspecified atom stereocenters. The van der Waals surface area contributed by atoms with E-state index in [1.165, 1.54) is 0 Å². The molecule has 0 amide bonds. The van der Waals surface area contributed by atoms with Gasteiger partial charge in [0.2, 0.25) is 0 Å². The van der Waals surface area contributed by atoms with Crippen molar-refractivity contribution >= 4 is 12.2 Å². The second-order valence-corrected chi connectivity index (χ2v) is 4.22. The molecule has 0 N–H and O–H groups in total. The Morgan fingerprint density at radius 1 is 1.14 bits per heavy atom. The van der Waals surface area contributed by atoms with Crippen molar-refractivity contribution in [2.75, 3.05) is 0 Å². The minimum absolute atomic E-state index is 0.0787. The lowest BCUT2D eigenvalue weighted by atomic mass is 9.79. The Labute approximate surface area is 83.5 Å². The Hall–Kier alpha value is -1.38. The summed E-state index contributed by atoms with van der Waals surface area (Å²) < 4.78 is 4.65. The highest BCUT2D eigenvalue weighted by molar-refractivity contribution is 5.62. The fraction of sp³-hybridized carbons (Fsp3) is 0.455. The highest BCUT2D eigenvalue weighted by Gasteiger charge is 2.24. The number of aromatic nitrogens is 2. The van der Waals surface area contributed by atoms with Crippen LogP contribution < -0.4 is 0 Å². The van der Waals surface area contributed by atoms with Gasteiger partial charge in [0.1, 0.15) is 11.4 Å². The molecule has 1 aromatic rings. The number of nitrogens with zero attached hydrogens (tertiary/aromatic N) is 2. The van der Waals surface area contributed by atoms with Gasteiger partial charge in [-0.1, -0.05) is 32.9 Å². The molecule has 0 aliphatic heterocycles. The van der Waals surface area contributed by atoms with Gasteiger partial charge >= 0.3 is 0 Å². The molecular weight excluding hydrogens is 176 g/mol. The maximum absolute atomic E-state index is 4.65. The quantitative estimate of drug-likeness (QED) is 0.683. The Balaban J connectivity index is 2.42. The number of allylic oxidation sites excluding steroid dienone is 2. The fourth-order valence-electron chi connectivity index (χ4n) is 1.39. The van der Waals surface area contributed by atoms with E-state index >= 15 is 0 Å². The van der Waals surface area contributed by atoms with Crippen LogP contribution >= 0.6 is 0 Å². The monoisotopic (exact) mass is 190 g/mol. The second kappa shape index (κ2) is 3.08. The van der Waals surface area contributed by atoms with Crippen molar-refractivity contribution in [3.63, 3.8) is 0 Å². The van der Waals surface area contributed by atoms with Gasteiger partial charge in [-0.25, -0.2) is 4.63 Å². The maximum atomic E-state index is 4.65. The van der Waals surface area contributed by atoms with Gasteiger partial charge in [-0.05, 0) is 28.4 Å². The lowest BCUT2D eigenvalue weighted by molar-refractivity contribution is 0.305. The molecule has 0 atom stereocenters. The summed E-state index contributed by atoms with van der Waals surface area (Å²) in [5, 5.41) is 7.63. The van der Waals surface area contributed by atoms with E-state index in [1.807, 2.05) is 12.2 Å². The minimum Gasteiger partial charge on any atom is -0.243 e. The SMILES string of the molecule is CC(C)C1(C)C=Cc2nonc2C=C1. The van der Waals surface area contributed by atoms with Crippen molar-refractivity contribution in [2.45, 2.75) is 20.8 Å². The summed E-state index contributed by atoms with van der Waals surface area (Å²) in [4.78, 5) is 0. The minimum atomic E-state index is 0.0787. The Morgan fingerprint density at radius 2 is 1.64 bits per heavy atom. The summed E-state index contributed by atoms with van der Waals surface area (Å²) in [6.07, 6.45) is 8.27. The van der Waals surface area contributed by atoms with Crippen LogP contribution in [0, 0.1) is 11.3 Å². The van der Waals surface area contributed by atoms with Crippen LogP contribution in [0.25, 0.3) is 12.2 Å². The third kappa shape index (κ3) is 1.39. The highest BCUT2D eigenvalue weighted by atomic mass is 16.6. The molecule has 3 heteroatoms. The smallest absolute Gasteiger partial charge is 0.134 e. The van der Waals surface area contributed by atoms with Gasteiger partial charge in [0, 0.05) is 5.41 Å². The van der Waals surface area contributed by atoms with Crippen LogP contribution in [0.4, 0.5) is 0 Å². The van der Waals surface area contributed by atoms with Crippen molar-refractivity contribution in [3.8, 4) is 0 Å². The topological polar surface area (TPSA) is 38.9 Å². The fourth-order valence-corrected chi connectivity index (χ4v) is 1.39. The molecule has 74 valence electrons. The van der Waals surface area contributed by atoms with Crippen molar-refractivity contribution in [1.82, 2.24) is 10.3 Å². The van der Waals surface area contributed by atoms with E-state index in [2.05, 4.69) is 47.9 Å². The molecule has 0 saturated carbocycles. The second-order valence-electron chi connectivity index (χ2n) is 4.22. The zero-order valence-corrected chi connectivity index (χ0v) is 8.69. The molecule has 1 aliphatic carbocycles. The first-order chi connectivity index (χ1) is 6.62. The summed E-state index contributed by atoms with van der Waals surface area (Å²) in [5.74, 6) is 0.552. The zero-order chi connectivity index (χ0) is 10.2. The van der Waals surface area contributed by atoms with Gasteiger partial charge in [-0.15, -0.1) is 0 Å². The summed E-state index contributed by atoms with van der Waals surface area (Å²) in [7, 11) is 0. The predicted octanol–water partition coefficient (Wildman–Crippen LogP) is 2.77. The van der Waals surface area contributed by atoms with Crippen LogP contribution in [0.2, 0.25) is 0 Å². The molecular formula is C11H14N2O. The lowest BCUT2D eigenvalue weighted by Gasteiger charge is -2.25. The average molecular weight is 190 g/mol. The number of hydrogen-bond donors (Lipinski definition) is 0. The van der Waals surface area contributed by atoms with Gasteiger partial charge in [0.25, 0.3) is 0 Å². The molecule has 14 heavy (non-hydrogen) atoms. The molecule has 0 fully saturated rings. The third-order valence-electron chi connectivity index (χ3n) is 2.99. The van der Waals surface area contributed by atoms with Crippen LogP contribution in [-0.2, 0) is 0 Å². The van der Waals surface area contributed by atoms with E-state index in [-0.39, 0.29) is 5.41 Å². The highest BCUT2D eigenvalue weighted by Crippen LogP contribution is 2.34. The molecule has 0 radical (unpaired) electrons. The third-order valence-corrected chi connectivity index (χ3v) is 2.99. The predicted molar refractivity (Wildman–Crippen MR) is 55.3 cm³/mol. The van der Waals surface area contributed by atoms with Crippen LogP contribution in [0.3, 0.4) is 0 Å². The van der Waals surface area contributed by atoms with E-state index in [4.69, 9.17) is 0 Å². The van der Waals surface area contributed by atoms with E-state index in [0.29, 0.717) is 5.92 Å². The summed E-state index contributed by atoms with van der Waals surface area (Å²) in [5.41, 5.74) is 1.70. The Morgan fingerprint density at radius 3 is 2.07 bits per heavy atom. The average Bonchev–Trinajstić information content (AvgIpc) is 2.53. The van der Waals surface area contributed by atoms with Gasteiger partial charge in [0.15, 0.2) is 0 Å². The zero-order valence-electron chi connectivity index (χ0n) is 8.69. The summed E-state index contributed by atoms with van der Waals surface area (Å²) >= 11 is 0. The van der Waals surface area contributed by atoms with E-state index in [1.54, 1.807) is 0 Å². The normalized spacial score (nSPS) is 18.3. The Kier molecular flexibility index (Phi) is 2.02. The van der Waals surface area contributed by atoms with Crippen molar-refractivity contribution in [1.29, 1.82) is 0 Å².